The van der Waals surface area contributed by atoms with Crippen molar-refractivity contribution in [3.63, 3.8) is 0 Å². The van der Waals surface area contributed by atoms with Gasteiger partial charge >= 0.3 is 12.1 Å². The van der Waals surface area contributed by atoms with Gasteiger partial charge < -0.3 is 14.7 Å². The van der Waals surface area contributed by atoms with Gasteiger partial charge in [0.15, 0.2) is 6.10 Å². The van der Waals surface area contributed by atoms with E-state index in [1.165, 1.54) is 29.2 Å². The zero-order chi connectivity index (χ0) is 17.0. The minimum Gasteiger partial charge on any atom is -0.479 e. The molecule has 1 N–H and O–H groups in total. The first-order valence-electron chi connectivity index (χ1n) is 6.76. The molecule has 1 saturated heterocycles. The summed E-state index contributed by atoms with van der Waals surface area (Å²) in [6.07, 6.45) is -2.88. The van der Waals surface area contributed by atoms with Crippen molar-refractivity contribution in [2.24, 2.45) is 0 Å². The van der Waals surface area contributed by atoms with Gasteiger partial charge in [0, 0.05) is 12.6 Å². The molecule has 0 radical (unpaired) electrons. The van der Waals surface area contributed by atoms with Crippen LogP contribution < -0.4 is 0 Å². The van der Waals surface area contributed by atoms with Gasteiger partial charge in [0.2, 0.25) is 5.91 Å². The lowest BCUT2D eigenvalue weighted by atomic mass is 10.1. The molecule has 0 saturated carbocycles. The van der Waals surface area contributed by atoms with Crippen LogP contribution in [0.1, 0.15) is 11.1 Å². The van der Waals surface area contributed by atoms with E-state index < -0.39 is 29.7 Å². The van der Waals surface area contributed by atoms with Crippen molar-refractivity contribution in [2.45, 2.75) is 12.3 Å². The van der Waals surface area contributed by atoms with Gasteiger partial charge in [-0.05, 0) is 23.8 Å². The van der Waals surface area contributed by atoms with Crippen molar-refractivity contribution < 1.29 is 32.6 Å². The molecule has 23 heavy (non-hydrogen) atoms. The second-order valence-electron chi connectivity index (χ2n) is 4.94. The number of benzene rings is 1. The SMILES string of the molecule is O=C(O)C1CN(C(=O)/C=C/c2ccc(C(F)(F)F)cc2)CCO1. The van der Waals surface area contributed by atoms with Gasteiger partial charge in [-0.25, -0.2) is 4.79 Å². The Morgan fingerprint density at radius 3 is 2.48 bits per heavy atom. The van der Waals surface area contributed by atoms with E-state index in [9.17, 15) is 22.8 Å². The number of halogens is 3. The monoisotopic (exact) mass is 329 g/mol. The summed E-state index contributed by atoms with van der Waals surface area (Å²) >= 11 is 0. The molecule has 124 valence electrons. The molecule has 1 aromatic rings. The number of carboxylic acids is 1. The molecule has 0 spiro atoms. The lowest BCUT2D eigenvalue weighted by molar-refractivity contribution is -0.158. The van der Waals surface area contributed by atoms with Crippen LogP contribution in [0, 0.1) is 0 Å². The van der Waals surface area contributed by atoms with Crippen molar-refractivity contribution in [3.05, 3.63) is 41.5 Å². The molecule has 1 unspecified atom stereocenters. The lowest BCUT2D eigenvalue weighted by Crippen LogP contribution is -2.48. The van der Waals surface area contributed by atoms with E-state index in [4.69, 9.17) is 9.84 Å². The van der Waals surface area contributed by atoms with E-state index >= 15 is 0 Å². The Morgan fingerprint density at radius 2 is 1.91 bits per heavy atom. The largest absolute Gasteiger partial charge is 0.479 e. The molecule has 1 heterocycles. The Morgan fingerprint density at radius 1 is 1.26 bits per heavy atom. The molecule has 1 aromatic carbocycles. The van der Waals surface area contributed by atoms with E-state index in [1.807, 2.05) is 0 Å². The van der Waals surface area contributed by atoms with E-state index in [-0.39, 0.29) is 19.7 Å². The number of aliphatic carboxylic acids is 1. The fourth-order valence-corrected chi connectivity index (χ4v) is 2.05. The average Bonchev–Trinajstić information content (AvgIpc) is 2.52. The molecule has 1 aliphatic heterocycles. The number of carboxylic acid groups (broad SMARTS) is 1. The third kappa shape index (κ3) is 4.56. The van der Waals surface area contributed by atoms with Crippen molar-refractivity contribution in [3.8, 4) is 0 Å². The Kier molecular flexibility index (Phi) is 5.05. The molecular formula is C15H14F3NO4. The first-order valence-corrected chi connectivity index (χ1v) is 6.76. The maximum Gasteiger partial charge on any atom is 0.416 e. The highest BCUT2D eigenvalue weighted by atomic mass is 19.4. The van der Waals surface area contributed by atoms with Gasteiger partial charge in [0.05, 0.1) is 18.7 Å². The third-order valence-corrected chi connectivity index (χ3v) is 3.31. The number of hydrogen-bond acceptors (Lipinski definition) is 3. The maximum atomic E-state index is 12.4. The molecule has 1 aliphatic rings. The Bertz CT molecular complexity index is 610. The number of morpholine rings is 1. The minimum atomic E-state index is -4.41. The summed E-state index contributed by atoms with van der Waals surface area (Å²) in [6.45, 7) is 0.322. The molecule has 2 rings (SSSR count). The molecule has 1 fully saturated rings. The normalized spacial score (nSPS) is 19.1. The summed E-state index contributed by atoms with van der Waals surface area (Å²) in [7, 11) is 0. The van der Waals surface area contributed by atoms with Crippen LogP contribution in [0.2, 0.25) is 0 Å². The maximum absolute atomic E-state index is 12.4. The van der Waals surface area contributed by atoms with Gasteiger partial charge in [-0.1, -0.05) is 12.1 Å². The average molecular weight is 329 g/mol. The smallest absolute Gasteiger partial charge is 0.416 e. The van der Waals surface area contributed by atoms with Gasteiger partial charge in [-0.3, -0.25) is 4.79 Å². The van der Waals surface area contributed by atoms with Crippen molar-refractivity contribution in [1.29, 1.82) is 0 Å². The third-order valence-electron chi connectivity index (χ3n) is 3.31. The fourth-order valence-electron chi connectivity index (χ4n) is 2.05. The molecule has 0 aromatic heterocycles. The summed E-state index contributed by atoms with van der Waals surface area (Å²) < 4.78 is 42.3. The number of amides is 1. The zero-order valence-corrected chi connectivity index (χ0v) is 11.9. The van der Waals surface area contributed by atoms with Gasteiger partial charge in [-0.2, -0.15) is 13.2 Å². The molecule has 8 heteroatoms. The van der Waals surface area contributed by atoms with Crippen LogP contribution in [0.5, 0.6) is 0 Å². The summed E-state index contributed by atoms with van der Waals surface area (Å²) in [5, 5.41) is 8.86. The van der Waals surface area contributed by atoms with Gasteiger partial charge in [0.1, 0.15) is 0 Å². The second-order valence-corrected chi connectivity index (χ2v) is 4.94. The number of hydrogen-bond donors (Lipinski definition) is 1. The van der Waals surface area contributed by atoms with Crippen molar-refractivity contribution in [2.75, 3.05) is 19.7 Å². The summed E-state index contributed by atoms with van der Waals surface area (Å²) in [4.78, 5) is 24.1. The summed E-state index contributed by atoms with van der Waals surface area (Å²) in [5.74, 6) is -1.56. The van der Waals surface area contributed by atoms with E-state index in [0.29, 0.717) is 5.56 Å². The summed E-state index contributed by atoms with van der Waals surface area (Å²) in [5.41, 5.74) is -0.326. The van der Waals surface area contributed by atoms with Crippen LogP contribution in [0.15, 0.2) is 30.3 Å². The van der Waals surface area contributed by atoms with Crippen LogP contribution in [0.3, 0.4) is 0 Å². The first kappa shape index (κ1) is 17.0. The predicted octanol–water partition coefficient (Wildman–Crippen LogP) is 2.03. The van der Waals surface area contributed by atoms with Crippen molar-refractivity contribution >= 4 is 18.0 Å². The standard InChI is InChI=1S/C15H14F3NO4/c16-15(17,18)11-4-1-10(2-5-11)3-6-13(20)19-7-8-23-12(9-19)14(21)22/h1-6,12H,7-9H2,(H,21,22)/b6-3+. The minimum absolute atomic E-state index is 0.0640. The Balaban J connectivity index is 1.99. The molecule has 5 nitrogen and oxygen atoms in total. The fraction of sp³-hybridized carbons (Fsp3) is 0.333. The topological polar surface area (TPSA) is 66.8 Å². The molecular weight excluding hydrogens is 315 g/mol. The van der Waals surface area contributed by atoms with E-state index in [1.54, 1.807) is 0 Å². The number of carbonyl (C=O) groups excluding carboxylic acids is 1. The number of nitrogens with zero attached hydrogens (tertiary/aromatic N) is 1. The lowest BCUT2D eigenvalue weighted by Gasteiger charge is -2.30. The van der Waals surface area contributed by atoms with Crippen molar-refractivity contribution in [1.82, 2.24) is 4.90 Å². The van der Waals surface area contributed by atoms with Gasteiger partial charge in [0.25, 0.3) is 0 Å². The predicted molar refractivity (Wildman–Crippen MR) is 74.4 cm³/mol. The zero-order valence-electron chi connectivity index (χ0n) is 11.9. The number of ether oxygens (including phenoxy) is 1. The van der Waals surface area contributed by atoms with Crippen LogP contribution in [-0.4, -0.2) is 47.7 Å². The molecule has 0 aliphatic carbocycles. The van der Waals surface area contributed by atoms with Crippen LogP contribution in [0.25, 0.3) is 6.08 Å². The van der Waals surface area contributed by atoms with E-state index in [2.05, 4.69) is 0 Å². The highest BCUT2D eigenvalue weighted by Gasteiger charge is 2.30. The highest BCUT2D eigenvalue weighted by Crippen LogP contribution is 2.29. The molecule has 1 amide bonds. The van der Waals surface area contributed by atoms with Crippen LogP contribution in [0.4, 0.5) is 13.2 Å². The molecule has 0 bridgehead atoms. The van der Waals surface area contributed by atoms with Crippen LogP contribution in [-0.2, 0) is 20.5 Å². The summed E-state index contributed by atoms with van der Waals surface area (Å²) in [6, 6.07) is 4.37. The van der Waals surface area contributed by atoms with Crippen LogP contribution >= 0.6 is 0 Å². The van der Waals surface area contributed by atoms with E-state index in [0.717, 1.165) is 12.1 Å². The van der Waals surface area contributed by atoms with Gasteiger partial charge in [-0.15, -0.1) is 0 Å². The highest BCUT2D eigenvalue weighted by molar-refractivity contribution is 5.92. The Labute approximate surface area is 130 Å². The number of carbonyl (C=O) groups is 2. The molecule has 1 atom stereocenters. The first-order chi connectivity index (χ1) is 10.8. The number of rotatable bonds is 3. The number of alkyl halides is 3. The Hall–Kier alpha value is -2.35. The quantitative estimate of drug-likeness (QED) is 0.862. The second kappa shape index (κ2) is 6.82.